The van der Waals surface area contributed by atoms with Gasteiger partial charge in [0, 0.05) is 6.07 Å². The molecule has 0 saturated carbocycles. The molecule has 1 aliphatic heterocycles. The smallest absolute Gasteiger partial charge is 0.231 e. The molecule has 0 aromatic heterocycles. The zero-order chi connectivity index (χ0) is 19.4. The summed E-state index contributed by atoms with van der Waals surface area (Å²) in [6.45, 7) is 4.50. The largest absolute Gasteiger partial charge is 0.493 e. The summed E-state index contributed by atoms with van der Waals surface area (Å²) < 4.78 is 22.0. The van der Waals surface area contributed by atoms with Crippen LogP contribution in [-0.4, -0.2) is 26.6 Å². The van der Waals surface area contributed by atoms with Crippen LogP contribution >= 0.6 is 0 Å². The Bertz CT molecular complexity index is 920. The molecule has 0 spiro atoms. The molecule has 0 amide bonds. The van der Waals surface area contributed by atoms with Gasteiger partial charge in [0.25, 0.3) is 0 Å². The van der Waals surface area contributed by atoms with Crippen LogP contribution in [0.5, 0.6) is 23.0 Å². The highest BCUT2D eigenvalue weighted by Crippen LogP contribution is 2.36. The number of Topliss-reactive ketones (excluding diaryl/α,β-unsaturated/α-hetero) is 1. The van der Waals surface area contributed by atoms with E-state index in [1.807, 2.05) is 26.0 Å². The van der Waals surface area contributed by atoms with Gasteiger partial charge in [-0.2, -0.15) is 0 Å². The highest BCUT2D eigenvalue weighted by molar-refractivity contribution is 6.14. The molecular weight excluding hydrogens is 344 g/mol. The number of fused-ring (bicyclic) bond motifs is 1. The van der Waals surface area contributed by atoms with Crippen LogP contribution < -0.4 is 18.9 Å². The summed E-state index contributed by atoms with van der Waals surface area (Å²) >= 11 is 0. The van der Waals surface area contributed by atoms with Gasteiger partial charge in [0.1, 0.15) is 18.1 Å². The fourth-order valence-corrected chi connectivity index (χ4v) is 2.66. The molecule has 0 atom stereocenters. The Kier molecular flexibility index (Phi) is 5.50. The number of hydrogen-bond donors (Lipinski definition) is 0. The van der Waals surface area contributed by atoms with E-state index in [1.165, 1.54) is 5.57 Å². The number of methoxy groups -OCH3 is 2. The van der Waals surface area contributed by atoms with Crippen molar-refractivity contribution in [3.05, 3.63) is 64.9 Å². The van der Waals surface area contributed by atoms with Gasteiger partial charge in [-0.25, -0.2) is 0 Å². The van der Waals surface area contributed by atoms with Gasteiger partial charge in [-0.3, -0.25) is 4.79 Å². The lowest BCUT2D eigenvalue weighted by Gasteiger charge is -2.08. The maximum Gasteiger partial charge on any atom is 0.231 e. The molecule has 5 heteroatoms. The molecule has 0 radical (unpaired) electrons. The number of benzene rings is 2. The first-order chi connectivity index (χ1) is 13.0. The van der Waals surface area contributed by atoms with Crippen LogP contribution in [0.1, 0.15) is 29.8 Å². The fourth-order valence-electron chi connectivity index (χ4n) is 2.66. The van der Waals surface area contributed by atoms with Crippen molar-refractivity contribution in [1.82, 2.24) is 0 Å². The van der Waals surface area contributed by atoms with Crippen molar-refractivity contribution in [2.45, 2.75) is 13.8 Å². The van der Waals surface area contributed by atoms with Crippen molar-refractivity contribution in [2.75, 3.05) is 20.8 Å². The average molecular weight is 366 g/mol. The molecule has 0 bridgehead atoms. The summed E-state index contributed by atoms with van der Waals surface area (Å²) in [7, 11) is 3.14. The maximum absolute atomic E-state index is 12.6. The third kappa shape index (κ3) is 4.14. The Morgan fingerprint density at radius 2 is 1.81 bits per heavy atom. The zero-order valence-electron chi connectivity index (χ0n) is 15.9. The average Bonchev–Trinajstić information content (AvgIpc) is 2.96. The fraction of sp³-hybridized carbons (Fsp3) is 0.227. The van der Waals surface area contributed by atoms with Gasteiger partial charge >= 0.3 is 0 Å². The lowest BCUT2D eigenvalue weighted by molar-refractivity contribution is 0.101. The molecule has 1 heterocycles. The normalized spacial score (nSPS) is 13.8. The number of allylic oxidation sites excluding steroid dienone is 2. The Morgan fingerprint density at radius 1 is 1.04 bits per heavy atom. The Labute approximate surface area is 158 Å². The maximum atomic E-state index is 12.6. The summed E-state index contributed by atoms with van der Waals surface area (Å²) in [4.78, 5) is 12.6. The first-order valence-corrected chi connectivity index (χ1v) is 8.58. The second-order valence-electron chi connectivity index (χ2n) is 6.30. The van der Waals surface area contributed by atoms with Gasteiger partial charge in [-0.15, -0.1) is 0 Å². The first-order valence-electron chi connectivity index (χ1n) is 8.58. The molecule has 3 rings (SSSR count). The molecular formula is C22H22O5. The standard InChI is InChI=1S/C22H22O5/c1-14(2)9-10-26-16-6-7-17-19(13-16)27-21(22(17)23)12-15-5-8-18(24-3)20(11-15)25-4/h5-9,11-13H,10H2,1-4H3. The lowest BCUT2D eigenvalue weighted by Crippen LogP contribution is -1.98. The lowest BCUT2D eigenvalue weighted by atomic mass is 10.1. The van der Waals surface area contributed by atoms with Crippen molar-refractivity contribution in [3.63, 3.8) is 0 Å². The molecule has 1 aliphatic rings. The van der Waals surface area contributed by atoms with Crippen LogP contribution in [0.4, 0.5) is 0 Å². The molecule has 5 nitrogen and oxygen atoms in total. The van der Waals surface area contributed by atoms with Crippen molar-refractivity contribution >= 4 is 11.9 Å². The molecule has 0 aliphatic carbocycles. The summed E-state index contributed by atoms with van der Waals surface area (Å²) in [6, 6.07) is 10.7. The predicted octanol–water partition coefficient (Wildman–Crippen LogP) is 4.67. The van der Waals surface area contributed by atoms with E-state index < -0.39 is 0 Å². The van der Waals surface area contributed by atoms with E-state index in [0.717, 1.165) is 5.56 Å². The van der Waals surface area contributed by atoms with Crippen molar-refractivity contribution < 1.29 is 23.7 Å². The first kappa shape index (κ1) is 18.6. The van der Waals surface area contributed by atoms with Crippen LogP contribution in [0.25, 0.3) is 6.08 Å². The summed E-state index contributed by atoms with van der Waals surface area (Å²) in [5.41, 5.74) is 2.49. The second kappa shape index (κ2) is 7.99. The topological polar surface area (TPSA) is 54.0 Å². The van der Waals surface area contributed by atoms with Gasteiger partial charge in [-0.05, 0) is 55.8 Å². The Hall–Kier alpha value is -3.21. The van der Waals surface area contributed by atoms with Gasteiger partial charge in [0.15, 0.2) is 17.3 Å². The molecule has 0 unspecified atom stereocenters. The highest BCUT2D eigenvalue weighted by atomic mass is 16.5. The van der Waals surface area contributed by atoms with E-state index in [1.54, 1.807) is 50.6 Å². The quantitative estimate of drug-likeness (QED) is 0.549. The number of carbonyl (C=O) groups is 1. The monoisotopic (exact) mass is 366 g/mol. The third-order valence-electron chi connectivity index (χ3n) is 4.09. The SMILES string of the molecule is COc1ccc(C=C2Oc3cc(OCC=C(C)C)ccc3C2=O)cc1OC. The summed E-state index contributed by atoms with van der Waals surface area (Å²) in [5, 5.41) is 0. The molecule has 2 aromatic carbocycles. The molecule has 0 saturated heterocycles. The predicted molar refractivity (Wildman–Crippen MR) is 104 cm³/mol. The molecule has 0 N–H and O–H groups in total. The van der Waals surface area contributed by atoms with Crippen LogP contribution in [0.15, 0.2) is 53.8 Å². The minimum absolute atomic E-state index is 0.157. The number of hydrogen-bond acceptors (Lipinski definition) is 5. The van der Waals surface area contributed by atoms with E-state index in [-0.39, 0.29) is 11.5 Å². The zero-order valence-corrected chi connectivity index (χ0v) is 15.9. The van der Waals surface area contributed by atoms with Gasteiger partial charge in [0.2, 0.25) is 5.78 Å². The van der Waals surface area contributed by atoms with Crippen molar-refractivity contribution in [2.24, 2.45) is 0 Å². The number of ether oxygens (including phenoxy) is 4. The Morgan fingerprint density at radius 3 is 2.52 bits per heavy atom. The van der Waals surface area contributed by atoms with Crippen LogP contribution in [-0.2, 0) is 0 Å². The highest BCUT2D eigenvalue weighted by Gasteiger charge is 2.27. The van der Waals surface area contributed by atoms with E-state index in [4.69, 9.17) is 18.9 Å². The molecule has 0 fully saturated rings. The second-order valence-corrected chi connectivity index (χ2v) is 6.30. The minimum atomic E-state index is -0.157. The summed E-state index contributed by atoms with van der Waals surface area (Å²) in [5.74, 6) is 2.48. The number of carbonyl (C=O) groups excluding carboxylic acids is 1. The number of rotatable bonds is 6. The van der Waals surface area contributed by atoms with E-state index in [9.17, 15) is 4.79 Å². The van der Waals surface area contributed by atoms with Gasteiger partial charge < -0.3 is 18.9 Å². The number of ketones is 1. The Balaban J connectivity index is 1.82. The molecule has 27 heavy (non-hydrogen) atoms. The summed E-state index contributed by atoms with van der Waals surface area (Å²) in [6.07, 6.45) is 3.68. The van der Waals surface area contributed by atoms with Crippen molar-refractivity contribution in [1.29, 1.82) is 0 Å². The van der Waals surface area contributed by atoms with Crippen LogP contribution in [0.3, 0.4) is 0 Å². The van der Waals surface area contributed by atoms with Gasteiger partial charge in [0.05, 0.1) is 19.8 Å². The van der Waals surface area contributed by atoms with E-state index in [2.05, 4.69) is 0 Å². The molecule has 140 valence electrons. The van der Waals surface area contributed by atoms with E-state index in [0.29, 0.717) is 35.2 Å². The van der Waals surface area contributed by atoms with Crippen molar-refractivity contribution in [3.8, 4) is 23.0 Å². The van der Waals surface area contributed by atoms with Crippen LogP contribution in [0.2, 0.25) is 0 Å². The minimum Gasteiger partial charge on any atom is -0.493 e. The van der Waals surface area contributed by atoms with Crippen LogP contribution in [0, 0.1) is 0 Å². The third-order valence-corrected chi connectivity index (χ3v) is 4.09. The van der Waals surface area contributed by atoms with E-state index >= 15 is 0 Å². The van der Waals surface area contributed by atoms with Gasteiger partial charge in [-0.1, -0.05) is 11.6 Å². The molecule has 2 aromatic rings.